The van der Waals surface area contributed by atoms with Crippen LogP contribution in [-0.2, 0) is 9.53 Å². The van der Waals surface area contributed by atoms with Crippen LogP contribution in [-0.4, -0.2) is 47.8 Å². The fourth-order valence-electron chi connectivity index (χ4n) is 3.79. The highest BCUT2D eigenvalue weighted by Gasteiger charge is 2.42. The van der Waals surface area contributed by atoms with Crippen molar-refractivity contribution in [1.82, 2.24) is 4.90 Å². The van der Waals surface area contributed by atoms with Gasteiger partial charge in [-0.25, -0.2) is 0 Å². The van der Waals surface area contributed by atoms with E-state index in [4.69, 9.17) is 9.84 Å². The maximum Gasteiger partial charge on any atom is 0.303 e. The van der Waals surface area contributed by atoms with E-state index in [-0.39, 0.29) is 0 Å². The Labute approximate surface area is 103 Å². The van der Waals surface area contributed by atoms with E-state index >= 15 is 0 Å². The molecule has 0 radical (unpaired) electrons. The van der Waals surface area contributed by atoms with Crippen LogP contribution in [0.2, 0.25) is 0 Å². The van der Waals surface area contributed by atoms with Gasteiger partial charge in [0, 0.05) is 31.7 Å². The first-order valence-electron chi connectivity index (χ1n) is 6.60. The van der Waals surface area contributed by atoms with Crippen molar-refractivity contribution in [2.75, 3.05) is 13.7 Å². The second-order valence-electron chi connectivity index (χ2n) is 5.57. The van der Waals surface area contributed by atoms with Crippen LogP contribution in [0.3, 0.4) is 0 Å². The average Bonchev–Trinajstić information content (AvgIpc) is 2.50. The number of ether oxygens (including phenoxy) is 1. The van der Waals surface area contributed by atoms with Crippen molar-refractivity contribution in [3.05, 3.63) is 0 Å². The van der Waals surface area contributed by atoms with E-state index in [0.717, 1.165) is 19.4 Å². The molecule has 98 valence electrons. The summed E-state index contributed by atoms with van der Waals surface area (Å²) in [6, 6.07) is 1.63. The number of aliphatic carboxylic acids is 1. The molecule has 0 aromatic rings. The number of carboxylic acid groups (broad SMARTS) is 1. The molecule has 3 unspecified atom stereocenters. The van der Waals surface area contributed by atoms with Crippen molar-refractivity contribution < 1.29 is 14.6 Å². The van der Waals surface area contributed by atoms with Crippen molar-refractivity contribution in [1.29, 1.82) is 0 Å². The Kier molecular flexibility index (Phi) is 4.05. The van der Waals surface area contributed by atoms with E-state index < -0.39 is 5.97 Å². The molecule has 2 rings (SSSR count). The van der Waals surface area contributed by atoms with Gasteiger partial charge in [0.2, 0.25) is 0 Å². The van der Waals surface area contributed by atoms with Gasteiger partial charge >= 0.3 is 5.97 Å². The van der Waals surface area contributed by atoms with E-state index in [1.54, 1.807) is 7.11 Å². The maximum absolute atomic E-state index is 10.8. The van der Waals surface area contributed by atoms with Gasteiger partial charge in [-0.3, -0.25) is 9.69 Å². The van der Waals surface area contributed by atoms with Crippen molar-refractivity contribution in [2.45, 2.75) is 57.2 Å². The maximum atomic E-state index is 10.8. The molecule has 1 N–H and O–H groups in total. The molecule has 2 heterocycles. The smallest absolute Gasteiger partial charge is 0.303 e. The molecule has 0 spiro atoms. The molecule has 0 amide bonds. The van der Waals surface area contributed by atoms with Crippen LogP contribution in [0.25, 0.3) is 0 Å². The van der Waals surface area contributed by atoms with Gasteiger partial charge in [0.1, 0.15) is 0 Å². The SMILES string of the molecule is COCC(C)N1C2CCC1CC(CC(=O)O)C2. The number of nitrogens with zero attached hydrogens (tertiary/aromatic N) is 1. The normalized spacial score (nSPS) is 34.8. The van der Waals surface area contributed by atoms with Crippen LogP contribution in [0.15, 0.2) is 0 Å². The minimum absolute atomic E-state index is 0.347. The second-order valence-corrected chi connectivity index (χ2v) is 5.57. The summed E-state index contributed by atoms with van der Waals surface area (Å²) < 4.78 is 5.24. The minimum Gasteiger partial charge on any atom is -0.481 e. The molecule has 2 saturated heterocycles. The van der Waals surface area contributed by atoms with Gasteiger partial charge in [0.15, 0.2) is 0 Å². The first-order valence-corrected chi connectivity index (χ1v) is 6.60. The molecule has 0 saturated carbocycles. The molecule has 2 bridgehead atoms. The highest BCUT2D eigenvalue weighted by Crippen LogP contribution is 2.41. The van der Waals surface area contributed by atoms with Gasteiger partial charge in [-0.1, -0.05) is 0 Å². The molecule has 0 aromatic heterocycles. The highest BCUT2D eigenvalue weighted by atomic mass is 16.5. The summed E-state index contributed by atoms with van der Waals surface area (Å²) in [6.45, 7) is 2.99. The van der Waals surface area contributed by atoms with Crippen molar-refractivity contribution in [3.8, 4) is 0 Å². The fraction of sp³-hybridized carbons (Fsp3) is 0.923. The van der Waals surface area contributed by atoms with Crippen LogP contribution < -0.4 is 0 Å². The number of hydrogen-bond acceptors (Lipinski definition) is 3. The summed E-state index contributed by atoms with van der Waals surface area (Å²) in [5.41, 5.74) is 0. The molecule has 0 aliphatic carbocycles. The zero-order valence-corrected chi connectivity index (χ0v) is 10.8. The van der Waals surface area contributed by atoms with E-state index in [0.29, 0.717) is 30.5 Å². The van der Waals surface area contributed by atoms with Crippen molar-refractivity contribution in [3.63, 3.8) is 0 Å². The van der Waals surface area contributed by atoms with Gasteiger partial charge < -0.3 is 9.84 Å². The number of hydrogen-bond donors (Lipinski definition) is 1. The molecule has 2 fully saturated rings. The lowest BCUT2D eigenvalue weighted by molar-refractivity contribution is -0.138. The standard InChI is InChI=1S/C13H23NO3/c1-9(8-17-2)14-11-3-4-12(14)6-10(5-11)7-13(15)16/h9-12H,3-8H2,1-2H3,(H,15,16). The monoisotopic (exact) mass is 241 g/mol. The van der Waals surface area contributed by atoms with E-state index in [2.05, 4.69) is 11.8 Å². The third-order valence-electron chi connectivity index (χ3n) is 4.27. The lowest BCUT2D eigenvalue weighted by Gasteiger charge is -2.42. The fourth-order valence-corrected chi connectivity index (χ4v) is 3.79. The third-order valence-corrected chi connectivity index (χ3v) is 4.27. The quantitative estimate of drug-likeness (QED) is 0.796. The average molecular weight is 241 g/mol. The van der Waals surface area contributed by atoms with Crippen LogP contribution in [0.4, 0.5) is 0 Å². The summed E-state index contributed by atoms with van der Waals surface area (Å²) in [5.74, 6) is -0.260. The predicted molar refractivity (Wildman–Crippen MR) is 65.0 cm³/mol. The second kappa shape index (κ2) is 5.36. The molecular formula is C13H23NO3. The Hall–Kier alpha value is -0.610. The number of carboxylic acids is 1. The Balaban J connectivity index is 1.95. The molecule has 3 atom stereocenters. The van der Waals surface area contributed by atoms with Gasteiger partial charge in [-0.05, 0) is 38.5 Å². The van der Waals surface area contributed by atoms with Gasteiger partial charge in [-0.2, -0.15) is 0 Å². The van der Waals surface area contributed by atoms with Crippen molar-refractivity contribution >= 4 is 5.97 Å². The number of carbonyl (C=O) groups is 1. The van der Waals surface area contributed by atoms with Crippen LogP contribution in [0, 0.1) is 5.92 Å². The number of methoxy groups -OCH3 is 1. The Bertz CT molecular complexity index is 268. The topological polar surface area (TPSA) is 49.8 Å². The third kappa shape index (κ3) is 2.80. The summed E-state index contributed by atoms with van der Waals surface area (Å²) in [6.07, 6.45) is 4.91. The Morgan fingerprint density at radius 3 is 2.47 bits per heavy atom. The molecule has 0 aromatic carbocycles. The first-order chi connectivity index (χ1) is 8.11. The Morgan fingerprint density at radius 2 is 2.00 bits per heavy atom. The number of rotatable bonds is 5. The lowest BCUT2D eigenvalue weighted by atomic mass is 9.87. The lowest BCUT2D eigenvalue weighted by Crippen LogP contribution is -2.49. The first kappa shape index (κ1) is 12.8. The molecular weight excluding hydrogens is 218 g/mol. The van der Waals surface area contributed by atoms with Crippen LogP contribution >= 0.6 is 0 Å². The van der Waals surface area contributed by atoms with Crippen LogP contribution in [0.1, 0.15) is 39.0 Å². The number of piperidine rings is 1. The van der Waals surface area contributed by atoms with Crippen molar-refractivity contribution in [2.24, 2.45) is 5.92 Å². The summed E-state index contributed by atoms with van der Waals surface area (Å²) in [5, 5.41) is 8.88. The molecule has 17 heavy (non-hydrogen) atoms. The predicted octanol–water partition coefficient (Wildman–Crippen LogP) is 1.74. The molecule has 4 nitrogen and oxygen atoms in total. The van der Waals surface area contributed by atoms with Gasteiger partial charge in [0.05, 0.1) is 6.61 Å². The molecule has 4 heteroatoms. The zero-order chi connectivity index (χ0) is 12.4. The van der Waals surface area contributed by atoms with E-state index in [1.165, 1.54) is 12.8 Å². The summed E-state index contributed by atoms with van der Waals surface area (Å²) >= 11 is 0. The molecule has 2 aliphatic heterocycles. The largest absolute Gasteiger partial charge is 0.481 e. The van der Waals surface area contributed by atoms with Gasteiger partial charge in [-0.15, -0.1) is 0 Å². The zero-order valence-electron chi connectivity index (χ0n) is 10.8. The minimum atomic E-state index is -0.646. The van der Waals surface area contributed by atoms with E-state index in [9.17, 15) is 4.79 Å². The van der Waals surface area contributed by atoms with Gasteiger partial charge in [0.25, 0.3) is 0 Å². The number of fused-ring (bicyclic) bond motifs is 2. The summed E-state index contributed by atoms with van der Waals surface area (Å²) in [7, 11) is 1.75. The van der Waals surface area contributed by atoms with E-state index in [1.807, 2.05) is 0 Å². The van der Waals surface area contributed by atoms with Crippen LogP contribution in [0.5, 0.6) is 0 Å². The highest BCUT2D eigenvalue weighted by molar-refractivity contribution is 5.67. The summed E-state index contributed by atoms with van der Waals surface area (Å²) in [4.78, 5) is 13.4. The Morgan fingerprint density at radius 1 is 1.41 bits per heavy atom. The molecule has 2 aliphatic rings.